The van der Waals surface area contributed by atoms with Gasteiger partial charge in [0.25, 0.3) is 0 Å². The zero-order valence-electron chi connectivity index (χ0n) is 33.1. The van der Waals surface area contributed by atoms with Crippen LogP contribution in [-0.4, -0.2) is 20.1 Å². The summed E-state index contributed by atoms with van der Waals surface area (Å²) < 4.78 is 0. The lowest BCUT2D eigenvalue weighted by atomic mass is 9.89. The number of phenols is 1. The molecule has 0 radical (unpaired) electrons. The highest BCUT2D eigenvalue weighted by molar-refractivity contribution is 6.08. The van der Waals surface area contributed by atoms with E-state index >= 15 is 0 Å². The minimum Gasteiger partial charge on any atom is -0.507 e. The van der Waals surface area contributed by atoms with Crippen molar-refractivity contribution >= 4 is 32.3 Å². The second-order valence-electron chi connectivity index (χ2n) is 15.3. The first-order valence-corrected chi connectivity index (χ1v) is 20.5. The minimum absolute atomic E-state index is 0.143. The molecular weight excluding hydrogens is 743 g/mol. The number of nitrogens with zero attached hydrogens (tertiary/aromatic N) is 3. The minimum atomic E-state index is 0.143. The van der Waals surface area contributed by atoms with Crippen LogP contribution in [-0.2, 0) is 0 Å². The van der Waals surface area contributed by atoms with Crippen molar-refractivity contribution in [2.75, 3.05) is 0 Å². The predicted octanol–water partition coefficient (Wildman–Crippen LogP) is 14.7. The van der Waals surface area contributed by atoms with Crippen LogP contribution >= 0.6 is 0 Å². The highest BCUT2D eigenvalue weighted by Gasteiger charge is 2.23. The van der Waals surface area contributed by atoms with E-state index in [1.807, 2.05) is 54.6 Å². The summed E-state index contributed by atoms with van der Waals surface area (Å²) >= 11 is 0. The van der Waals surface area contributed by atoms with Crippen molar-refractivity contribution in [1.29, 1.82) is 0 Å². The monoisotopic (exact) mass is 779 g/mol. The molecule has 0 aliphatic carbocycles. The van der Waals surface area contributed by atoms with Crippen molar-refractivity contribution in [2.24, 2.45) is 0 Å². The summed E-state index contributed by atoms with van der Waals surface area (Å²) in [6.07, 6.45) is 0. The van der Waals surface area contributed by atoms with E-state index in [0.717, 1.165) is 66.1 Å². The Morgan fingerprint density at radius 2 is 0.721 bits per heavy atom. The Morgan fingerprint density at radius 1 is 0.262 bits per heavy atom. The van der Waals surface area contributed by atoms with Crippen LogP contribution < -0.4 is 0 Å². The lowest BCUT2D eigenvalue weighted by molar-refractivity contribution is 0.477. The zero-order valence-corrected chi connectivity index (χ0v) is 33.1. The Kier molecular flexibility index (Phi) is 8.94. The topological polar surface area (TPSA) is 58.9 Å². The van der Waals surface area contributed by atoms with Crippen molar-refractivity contribution in [2.45, 2.75) is 0 Å². The summed E-state index contributed by atoms with van der Waals surface area (Å²) in [6, 6.07) is 75.3. The molecule has 286 valence electrons. The molecule has 4 nitrogen and oxygen atoms in total. The summed E-state index contributed by atoms with van der Waals surface area (Å²) in [6.45, 7) is 0. The van der Waals surface area contributed by atoms with Crippen LogP contribution in [0.25, 0.3) is 111 Å². The lowest BCUT2D eigenvalue weighted by Gasteiger charge is -2.18. The number of aromatic hydroxyl groups is 1. The van der Waals surface area contributed by atoms with Crippen molar-refractivity contribution in [3.8, 4) is 84.4 Å². The summed E-state index contributed by atoms with van der Waals surface area (Å²) in [4.78, 5) is 15.9. The van der Waals surface area contributed by atoms with Crippen molar-refractivity contribution in [1.82, 2.24) is 15.0 Å². The lowest BCUT2D eigenvalue weighted by Crippen LogP contribution is -2.03. The molecule has 4 heteroatoms. The number of aromatic nitrogens is 3. The normalized spacial score (nSPS) is 11.3. The number of phenolic OH excluding ortho intramolecular Hbond substituents is 1. The molecule has 1 N–H and O–H groups in total. The van der Waals surface area contributed by atoms with Crippen LogP contribution in [0.1, 0.15) is 0 Å². The second kappa shape index (κ2) is 15.2. The van der Waals surface area contributed by atoms with E-state index in [4.69, 9.17) is 15.0 Å². The third-order valence-electron chi connectivity index (χ3n) is 11.6. The molecule has 0 aliphatic rings. The van der Waals surface area contributed by atoms with Crippen molar-refractivity contribution in [3.05, 3.63) is 218 Å². The number of benzene rings is 10. The van der Waals surface area contributed by atoms with E-state index in [1.54, 1.807) is 6.07 Å². The first kappa shape index (κ1) is 35.9. The maximum absolute atomic E-state index is 11.8. The van der Waals surface area contributed by atoms with Crippen molar-refractivity contribution in [3.63, 3.8) is 0 Å². The fraction of sp³-hybridized carbons (Fsp3) is 0. The summed E-state index contributed by atoms with van der Waals surface area (Å²) in [7, 11) is 0. The van der Waals surface area contributed by atoms with E-state index in [0.29, 0.717) is 23.0 Å². The largest absolute Gasteiger partial charge is 0.507 e. The van der Waals surface area contributed by atoms with Gasteiger partial charge in [-0.25, -0.2) is 15.0 Å². The fourth-order valence-corrected chi connectivity index (χ4v) is 8.61. The van der Waals surface area contributed by atoms with Gasteiger partial charge in [-0.3, -0.25) is 0 Å². The molecule has 0 amide bonds. The molecule has 0 fully saturated rings. The summed E-state index contributed by atoms with van der Waals surface area (Å²) in [5.41, 5.74) is 10.5. The Labute approximate surface area is 353 Å². The average molecular weight is 780 g/mol. The van der Waals surface area contributed by atoms with Crippen LogP contribution in [0.2, 0.25) is 0 Å². The van der Waals surface area contributed by atoms with Crippen LogP contribution in [0.4, 0.5) is 0 Å². The number of fused-ring (bicyclic) bond motifs is 4. The standard InChI is InChI=1S/C57H37N3O/c61-52-34-33-50(41-27-25-40(26-28-41)48-21-12-11-20-47(48)38-14-3-1-4-15-38)54(53(52)43-17-5-2-6-18-43)57-59-55(45-31-23-37-13-7-8-19-44(37)35-45)58-56(60-57)46-32-30-42-29-24-39-16-9-10-22-49(39)51(42)36-46/h1-36,61H. The average Bonchev–Trinajstić information content (AvgIpc) is 3.34. The van der Waals surface area contributed by atoms with Crippen LogP contribution in [0, 0.1) is 0 Å². The van der Waals surface area contributed by atoms with Gasteiger partial charge in [0, 0.05) is 22.3 Å². The highest BCUT2D eigenvalue weighted by atomic mass is 16.3. The molecule has 0 bridgehead atoms. The van der Waals surface area contributed by atoms with Gasteiger partial charge in [-0.2, -0.15) is 0 Å². The molecule has 11 aromatic rings. The SMILES string of the molecule is Oc1ccc(-c2ccc(-c3ccccc3-c3ccccc3)cc2)c(-c2nc(-c3ccc4ccccc4c3)nc(-c3ccc4ccc5ccccc5c4c3)n2)c1-c1ccccc1. The predicted molar refractivity (Wildman–Crippen MR) is 252 cm³/mol. The molecule has 0 atom stereocenters. The maximum atomic E-state index is 11.8. The van der Waals surface area contributed by atoms with E-state index < -0.39 is 0 Å². The molecule has 0 unspecified atom stereocenters. The Bertz CT molecular complexity index is 3420. The first-order valence-electron chi connectivity index (χ1n) is 20.5. The van der Waals surface area contributed by atoms with Crippen molar-refractivity contribution < 1.29 is 5.11 Å². The molecule has 11 rings (SSSR count). The highest BCUT2D eigenvalue weighted by Crippen LogP contribution is 2.45. The van der Waals surface area contributed by atoms with Crippen LogP contribution in [0.3, 0.4) is 0 Å². The molecule has 0 spiro atoms. The smallest absolute Gasteiger partial charge is 0.165 e. The summed E-state index contributed by atoms with van der Waals surface area (Å²) in [5.74, 6) is 1.70. The zero-order chi connectivity index (χ0) is 40.7. The molecule has 1 aromatic heterocycles. The Balaban J connectivity index is 1.14. The maximum Gasteiger partial charge on any atom is 0.165 e. The first-order chi connectivity index (χ1) is 30.1. The third-order valence-corrected chi connectivity index (χ3v) is 11.6. The van der Waals surface area contributed by atoms with Crippen LogP contribution in [0.15, 0.2) is 218 Å². The Morgan fingerprint density at radius 3 is 1.41 bits per heavy atom. The fourth-order valence-electron chi connectivity index (χ4n) is 8.61. The van der Waals surface area contributed by atoms with Gasteiger partial charge in [-0.05, 0) is 95.5 Å². The van der Waals surface area contributed by atoms with E-state index in [2.05, 4.69) is 158 Å². The van der Waals surface area contributed by atoms with Gasteiger partial charge in [0.05, 0.1) is 0 Å². The van der Waals surface area contributed by atoms with E-state index in [-0.39, 0.29) is 5.75 Å². The molecule has 0 saturated carbocycles. The third kappa shape index (κ3) is 6.67. The quantitative estimate of drug-likeness (QED) is 0.164. The second-order valence-corrected chi connectivity index (χ2v) is 15.3. The number of rotatable bonds is 7. The molecule has 10 aromatic carbocycles. The van der Waals surface area contributed by atoms with Gasteiger partial charge in [-0.15, -0.1) is 0 Å². The summed E-state index contributed by atoms with van der Waals surface area (Å²) in [5, 5.41) is 18.7. The van der Waals surface area contributed by atoms with Gasteiger partial charge in [0.1, 0.15) is 5.75 Å². The van der Waals surface area contributed by atoms with Gasteiger partial charge >= 0.3 is 0 Å². The molecule has 1 heterocycles. The molecule has 0 saturated heterocycles. The van der Waals surface area contributed by atoms with Gasteiger partial charge in [-0.1, -0.05) is 194 Å². The number of hydrogen-bond donors (Lipinski definition) is 1. The van der Waals surface area contributed by atoms with E-state index in [9.17, 15) is 5.11 Å². The molecule has 0 aliphatic heterocycles. The molecular formula is C57H37N3O. The molecule has 61 heavy (non-hydrogen) atoms. The van der Waals surface area contributed by atoms with Gasteiger partial charge in [0.15, 0.2) is 17.5 Å². The van der Waals surface area contributed by atoms with Crippen LogP contribution in [0.5, 0.6) is 5.75 Å². The van der Waals surface area contributed by atoms with E-state index in [1.165, 1.54) is 21.9 Å². The Hall–Kier alpha value is -8.21. The van der Waals surface area contributed by atoms with Gasteiger partial charge in [0.2, 0.25) is 0 Å². The number of hydrogen-bond acceptors (Lipinski definition) is 4. The van der Waals surface area contributed by atoms with Gasteiger partial charge < -0.3 is 5.11 Å².